The van der Waals surface area contributed by atoms with Crippen LogP contribution in [0.4, 0.5) is 4.79 Å². The summed E-state index contributed by atoms with van der Waals surface area (Å²) in [5.74, 6) is -1.44. The van der Waals surface area contributed by atoms with E-state index < -0.39 is 11.9 Å². The number of carbonyl (C=O) groups excluding carboxylic acids is 1. The van der Waals surface area contributed by atoms with Crippen LogP contribution in [-0.2, 0) is 17.9 Å². The Morgan fingerprint density at radius 1 is 0.875 bits per heavy atom. The van der Waals surface area contributed by atoms with Crippen molar-refractivity contribution >= 4 is 12.0 Å². The molecule has 0 unspecified atom stereocenters. The van der Waals surface area contributed by atoms with E-state index in [4.69, 9.17) is 0 Å². The van der Waals surface area contributed by atoms with Gasteiger partial charge < -0.3 is 14.9 Å². The first-order valence-corrected chi connectivity index (χ1v) is 7.98. The van der Waals surface area contributed by atoms with Gasteiger partial charge in [0.1, 0.15) is 0 Å². The highest BCUT2D eigenvalue weighted by Crippen LogP contribution is 2.20. The third-order valence-corrected chi connectivity index (χ3v) is 4.20. The average molecular weight is 324 g/mol. The Morgan fingerprint density at radius 2 is 1.29 bits per heavy atom. The first kappa shape index (κ1) is 16.1. The summed E-state index contributed by atoms with van der Waals surface area (Å²) in [6.45, 7) is 1.34. The van der Waals surface area contributed by atoms with E-state index in [1.165, 1.54) is 0 Å². The van der Waals surface area contributed by atoms with E-state index >= 15 is 0 Å². The lowest BCUT2D eigenvalue weighted by Gasteiger charge is -2.38. The van der Waals surface area contributed by atoms with Gasteiger partial charge in [0.2, 0.25) is 0 Å². The van der Waals surface area contributed by atoms with Gasteiger partial charge in [0, 0.05) is 26.2 Å². The van der Waals surface area contributed by atoms with Crippen LogP contribution in [0.3, 0.4) is 0 Å². The summed E-state index contributed by atoms with van der Waals surface area (Å²) >= 11 is 0. The van der Waals surface area contributed by atoms with E-state index in [0.29, 0.717) is 13.1 Å². The van der Waals surface area contributed by atoms with Crippen LogP contribution in [-0.4, -0.2) is 40.0 Å². The maximum Gasteiger partial charge on any atom is 0.320 e. The molecule has 2 aromatic rings. The van der Waals surface area contributed by atoms with Gasteiger partial charge in [0.15, 0.2) is 0 Å². The molecule has 5 heteroatoms. The molecule has 0 radical (unpaired) electrons. The number of nitrogens with zero attached hydrogens (tertiary/aromatic N) is 2. The van der Waals surface area contributed by atoms with Crippen molar-refractivity contribution in [2.24, 2.45) is 5.92 Å². The van der Waals surface area contributed by atoms with Crippen LogP contribution >= 0.6 is 0 Å². The molecule has 0 aliphatic carbocycles. The van der Waals surface area contributed by atoms with Gasteiger partial charge >= 0.3 is 12.0 Å². The summed E-state index contributed by atoms with van der Waals surface area (Å²) in [4.78, 5) is 27.5. The molecule has 124 valence electrons. The highest BCUT2D eigenvalue weighted by Gasteiger charge is 2.35. The van der Waals surface area contributed by atoms with Crippen LogP contribution in [0, 0.1) is 5.92 Å². The van der Waals surface area contributed by atoms with Crippen molar-refractivity contribution in [3.8, 4) is 0 Å². The molecule has 2 amide bonds. The van der Waals surface area contributed by atoms with E-state index in [1.54, 1.807) is 9.80 Å². The van der Waals surface area contributed by atoms with Gasteiger partial charge in [0.05, 0.1) is 5.92 Å². The van der Waals surface area contributed by atoms with Gasteiger partial charge in [-0.05, 0) is 11.1 Å². The standard InChI is InChI=1S/C19H20N2O3/c22-18(23)17-13-20(11-15-7-3-1-4-8-15)19(24)21(14-17)12-16-9-5-2-6-10-16/h1-10,17H,11-14H2,(H,22,23). The number of hydrogen-bond donors (Lipinski definition) is 1. The average Bonchev–Trinajstić information content (AvgIpc) is 2.60. The van der Waals surface area contributed by atoms with Crippen molar-refractivity contribution in [3.63, 3.8) is 0 Å². The van der Waals surface area contributed by atoms with Crippen molar-refractivity contribution in [2.75, 3.05) is 13.1 Å². The number of carboxylic acids is 1. The molecular weight excluding hydrogens is 304 g/mol. The summed E-state index contributed by atoms with van der Waals surface area (Å²) < 4.78 is 0. The lowest BCUT2D eigenvalue weighted by molar-refractivity contribution is -0.143. The quantitative estimate of drug-likeness (QED) is 0.920. The first-order chi connectivity index (χ1) is 11.6. The largest absolute Gasteiger partial charge is 0.481 e. The van der Waals surface area contributed by atoms with Crippen molar-refractivity contribution in [3.05, 3.63) is 71.8 Å². The van der Waals surface area contributed by atoms with Gasteiger partial charge in [-0.25, -0.2) is 4.79 Å². The first-order valence-electron chi connectivity index (χ1n) is 7.98. The van der Waals surface area contributed by atoms with Gasteiger partial charge in [-0.2, -0.15) is 0 Å². The molecule has 0 spiro atoms. The molecule has 1 aliphatic heterocycles. The Balaban J connectivity index is 1.78. The summed E-state index contributed by atoms with van der Waals surface area (Å²) in [5, 5.41) is 9.43. The lowest BCUT2D eigenvalue weighted by atomic mass is 10.0. The number of benzene rings is 2. The van der Waals surface area contributed by atoms with Crippen LogP contribution in [0.15, 0.2) is 60.7 Å². The van der Waals surface area contributed by atoms with Crippen molar-refractivity contribution in [2.45, 2.75) is 13.1 Å². The van der Waals surface area contributed by atoms with Crippen molar-refractivity contribution in [1.82, 2.24) is 9.80 Å². The summed E-state index contributed by atoms with van der Waals surface area (Å²) in [6, 6.07) is 19.2. The number of carbonyl (C=O) groups is 2. The minimum atomic E-state index is -0.862. The molecule has 0 atom stereocenters. The molecule has 1 heterocycles. The van der Waals surface area contributed by atoms with Gasteiger partial charge in [-0.3, -0.25) is 4.79 Å². The third kappa shape index (κ3) is 3.74. The molecule has 5 nitrogen and oxygen atoms in total. The Kier molecular flexibility index (Phi) is 4.79. The minimum Gasteiger partial charge on any atom is -0.481 e. The Labute approximate surface area is 141 Å². The molecule has 2 aromatic carbocycles. The normalized spacial score (nSPS) is 15.6. The highest BCUT2D eigenvalue weighted by molar-refractivity contribution is 5.79. The number of urea groups is 1. The maximum absolute atomic E-state index is 12.8. The lowest BCUT2D eigenvalue weighted by Crippen LogP contribution is -2.54. The molecule has 1 N–H and O–H groups in total. The molecular formula is C19H20N2O3. The Hall–Kier alpha value is -2.82. The van der Waals surface area contributed by atoms with E-state index in [-0.39, 0.29) is 19.1 Å². The Bertz CT molecular complexity index is 650. The van der Waals surface area contributed by atoms with E-state index in [9.17, 15) is 14.7 Å². The Morgan fingerprint density at radius 3 is 1.67 bits per heavy atom. The second kappa shape index (κ2) is 7.17. The van der Waals surface area contributed by atoms with Crippen LogP contribution in [0.1, 0.15) is 11.1 Å². The summed E-state index contributed by atoms with van der Waals surface area (Å²) in [7, 11) is 0. The predicted molar refractivity (Wildman–Crippen MR) is 90.2 cm³/mol. The van der Waals surface area contributed by atoms with Crippen LogP contribution < -0.4 is 0 Å². The SMILES string of the molecule is O=C(O)C1CN(Cc2ccccc2)C(=O)N(Cc2ccccc2)C1. The predicted octanol–water partition coefficient (Wildman–Crippen LogP) is 2.83. The van der Waals surface area contributed by atoms with Gasteiger partial charge in [-0.1, -0.05) is 60.7 Å². The topological polar surface area (TPSA) is 60.9 Å². The highest BCUT2D eigenvalue weighted by atomic mass is 16.4. The molecule has 24 heavy (non-hydrogen) atoms. The van der Waals surface area contributed by atoms with Gasteiger partial charge in [0.25, 0.3) is 0 Å². The van der Waals surface area contributed by atoms with Crippen LogP contribution in [0.5, 0.6) is 0 Å². The number of rotatable bonds is 5. The second-order valence-corrected chi connectivity index (χ2v) is 6.05. The minimum absolute atomic E-state index is 0.111. The van der Waals surface area contributed by atoms with E-state index in [1.807, 2.05) is 60.7 Å². The fourth-order valence-corrected chi connectivity index (χ4v) is 2.97. The molecule has 1 fully saturated rings. The molecule has 0 saturated carbocycles. The fraction of sp³-hybridized carbons (Fsp3) is 0.263. The number of hydrogen-bond acceptors (Lipinski definition) is 2. The zero-order valence-corrected chi connectivity index (χ0v) is 13.3. The van der Waals surface area contributed by atoms with E-state index in [2.05, 4.69) is 0 Å². The molecule has 0 bridgehead atoms. The van der Waals surface area contributed by atoms with Crippen molar-refractivity contribution < 1.29 is 14.7 Å². The van der Waals surface area contributed by atoms with Crippen LogP contribution in [0.2, 0.25) is 0 Å². The van der Waals surface area contributed by atoms with E-state index in [0.717, 1.165) is 11.1 Å². The summed E-state index contributed by atoms with van der Waals surface area (Å²) in [6.07, 6.45) is 0. The smallest absolute Gasteiger partial charge is 0.320 e. The van der Waals surface area contributed by atoms with Gasteiger partial charge in [-0.15, -0.1) is 0 Å². The third-order valence-electron chi connectivity index (χ3n) is 4.20. The molecule has 3 rings (SSSR count). The molecule has 1 aliphatic rings. The second-order valence-electron chi connectivity index (χ2n) is 6.05. The number of carboxylic acid groups (broad SMARTS) is 1. The molecule has 1 saturated heterocycles. The number of aliphatic carboxylic acids is 1. The maximum atomic E-state index is 12.8. The van der Waals surface area contributed by atoms with Crippen LogP contribution in [0.25, 0.3) is 0 Å². The number of amides is 2. The summed E-state index contributed by atoms with van der Waals surface area (Å²) in [5.41, 5.74) is 1.99. The monoisotopic (exact) mass is 324 g/mol. The fourth-order valence-electron chi connectivity index (χ4n) is 2.97. The van der Waals surface area contributed by atoms with Crippen molar-refractivity contribution in [1.29, 1.82) is 0 Å². The zero-order valence-electron chi connectivity index (χ0n) is 13.3. The molecule has 0 aromatic heterocycles. The zero-order chi connectivity index (χ0) is 16.9.